The molecule has 1 saturated heterocycles. The fourth-order valence-electron chi connectivity index (χ4n) is 3.11. The van der Waals surface area contributed by atoms with Crippen molar-refractivity contribution in [1.29, 1.82) is 0 Å². The van der Waals surface area contributed by atoms with Crippen LogP contribution in [0.3, 0.4) is 0 Å². The minimum absolute atomic E-state index is 0.248. The number of carbonyl (C=O) groups is 1. The highest BCUT2D eigenvalue weighted by Crippen LogP contribution is 2.28. The third-order valence-corrected chi connectivity index (χ3v) is 4.82. The zero-order valence-electron chi connectivity index (χ0n) is 16.1. The van der Waals surface area contributed by atoms with Gasteiger partial charge in [0.1, 0.15) is 0 Å². The molecule has 0 atom stereocenters. The van der Waals surface area contributed by atoms with Gasteiger partial charge in [0, 0.05) is 32.6 Å². The highest BCUT2D eigenvalue weighted by molar-refractivity contribution is 5.76. The lowest BCUT2D eigenvalue weighted by Gasteiger charge is -2.35. The maximum atomic E-state index is 12.5. The molecule has 25 heavy (non-hydrogen) atoms. The van der Waals surface area contributed by atoms with Crippen molar-refractivity contribution in [2.75, 3.05) is 46.9 Å². The summed E-state index contributed by atoms with van der Waals surface area (Å²) in [5.74, 6) is 2.42. The number of hydrogen-bond acceptors (Lipinski definition) is 4. The summed E-state index contributed by atoms with van der Waals surface area (Å²) in [6, 6.07) is 5.85. The molecular weight excluding hydrogens is 316 g/mol. The molecular formula is C20H32N2O3. The van der Waals surface area contributed by atoms with Crippen molar-refractivity contribution < 1.29 is 14.3 Å². The Hall–Kier alpha value is -1.75. The molecule has 5 heteroatoms. The van der Waals surface area contributed by atoms with Gasteiger partial charge in [-0.2, -0.15) is 0 Å². The molecule has 0 N–H and O–H groups in total. The number of amides is 1. The quantitative estimate of drug-likeness (QED) is 0.724. The van der Waals surface area contributed by atoms with Crippen LogP contribution in [0.2, 0.25) is 0 Å². The van der Waals surface area contributed by atoms with Gasteiger partial charge in [-0.15, -0.1) is 0 Å². The molecule has 140 valence electrons. The first-order chi connectivity index (χ1) is 12.0. The maximum absolute atomic E-state index is 12.5. The smallest absolute Gasteiger partial charge is 0.222 e. The van der Waals surface area contributed by atoms with E-state index in [1.807, 2.05) is 23.1 Å². The second kappa shape index (κ2) is 9.66. The van der Waals surface area contributed by atoms with E-state index in [-0.39, 0.29) is 5.91 Å². The van der Waals surface area contributed by atoms with E-state index < -0.39 is 0 Å². The van der Waals surface area contributed by atoms with Crippen LogP contribution < -0.4 is 9.47 Å². The van der Waals surface area contributed by atoms with Gasteiger partial charge in [0.05, 0.1) is 14.2 Å². The Labute approximate surface area is 151 Å². The van der Waals surface area contributed by atoms with Crippen molar-refractivity contribution in [1.82, 2.24) is 9.80 Å². The molecule has 0 radical (unpaired) electrons. The number of piperazine rings is 1. The molecule has 1 aromatic carbocycles. The second-order valence-electron chi connectivity index (χ2n) is 7.09. The van der Waals surface area contributed by atoms with Crippen LogP contribution in [-0.2, 0) is 11.2 Å². The van der Waals surface area contributed by atoms with Gasteiger partial charge >= 0.3 is 0 Å². The van der Waals surface area contributed by atoms with Gasteiger partial charge in [-0.25, -0.2) is 0 Å². The summed E-state index contributed by atoms with van der Waals surface area (Å²) in [6.45, 7) is 9.35. The Morgan fingerprint density at radius 2 is 1.76 bits per heavy atom. The lowest BCUT2D eigenvalue weighted by atomic mass is 10.1. The van der Waals surface area contributed by atoms with E-state index in [9.17, 15) is 4.79 Å². The standard InChI is InChI=1S/C20H32N2O3/c1-16(2)9-10-21-11-13-22(14-12-21)20(23)8-6-17-5-7-18(24-3)19(15-17)25-4/h5,7,15-16H,6,8-14H2,1-4H3. The van der Waals surface area contributed by atoms with E-state index in [0.29, 0.717) is 12.2 Å². The van der Waals surface area contributed by atoms with Crippen LogP contribution in [0.15, 0.2) is 18.2 Å². The number of carbonyl (C=O) groups excluding carboxylic acids is 1. The van der Waals surface area contributed by atoms with Crippen molar-refractivity contribution in [3.05, 3.63) is 23.8 Å². The monoisotopic (exact) mass is 348 g/mol. The van der Waals surface area contributed by atoms with E-state index >= 15 is 0 Å². The Balaban J connectivity index is 1.77. The maximum Gasteiger partial charge on any atom is 0.222 e. The molecule has 0 unspecified atom stereocenters. The first-order valence-corrected chi connectivity index (χ1v) is 9.24. The summed E-state index contributed by atoms with van der Waals surface area (Å²) in [5.41, 5.74) is 1.10. The SMILES string of the molecule is COc1ccc(CCC(=O)N2CCN(CCC(C)C)CC2)cc1OC. The van der Waals surface area contributed by atoms with Crippen molar-refractivity contribution in [2.45, 2.75) is 33.1 Å². The van der Waals surface area contributed by atoms with E-state index in [1.165, 1.54) is 6.42 Å². The van der Waals surface area contributed by atoms with Crippen LogP contribution in [0.5, 0.6) is 11.5 Å². The number of nitrogens with zero attached hydrogens (tertiary/aromatic N) is 2. The van der Waals surface area contributed by atoms with Crippen molar-refractivity contribution >= 4 is 5.91 Å². The summed E-state index contributed by atoms with van der Waals surface area (Å²) in [4.78, 5) is 17.0. The zero-order valence-corrected chi connectivity index (χ0v) is 16.1. The Kier molecular flexibility index (Phi) is 7.56. The summed E-state index contributed by atoms with van der Waals surface area (Å²) in [7, 11) is 3.26. The van der Waals surface area contributed by atoms with Crippen LogP contribution >= 0.6 is 0 Å². The fourth-order valence-corrected chi connectivity index (χ4v) is 3.11. The fraction of sp³-hybridized carbons (Fsp3) is 0.650. The molecule has 1 fully saturated rings. The summed E-state index contributed by atoms with van der Waals surface area (Å²) in [5, 5.41) is 0. The van der Waals surface area contributed by atoms with Crippen molar-refractivity contribution in [3.8, 4) is 11.5 Å². The zero-order chi connectivity index (χ0) is 18.2. The molecule has 0 saturated carbocycles. The molecule has 1 aliphatic heterocycles. The molecule has 1 aliphatic rings. The van der Waals surface area contributed by atoms with E-state index in [0.717, 1.165) is 56.4 Å². The van der Waals surface area contributed by atoms with Crippen LogP contribution in [-0.4, -0.2) is 62.7 Å². The number of hydrogen-bond donors (Lipinski definition) is 0. The second-order valence-corrected chi connectivity index (χ2v) is 7.09. The molecule has 0 bridgehead atoms. The van der Waals surface area contributed by atoms with Gasteiger partial charge in [-0.05, 0) is 43.0 Å². The molecule has 5 nitrogen and oxygen atoms in total. The van der Waals surface area contributed by atoms with Crippen LogP contribution in [0.1, 0.15) is 32.3 Å². The van der Waals surface area contributed by atoms with Crippen molar-refractivity contribution in [3.63, 3.8) is 0 Å². The van der Waals surface area contributed by atoms with Gasteiger partial charge in [-0.3, -0.25) is 9.69 Å². The van der Waals surface area contributed by atoms with Crippen LogP contribution in [0.25, 0.3) is 0 Å². The van der Waals surface area contributed by atoms with Gasteiger partial charge in [0.25, 0.3) is 0 Å². The predicted molar refractivity (Wildman–Crippen MR) is 100 cm³/mol. The van der Waals surface area contributed by atoms with E-state index in [2.05, 4.69) is 18.7 Å². The average Bonchev–Trinajstić information content (AvgIpc) is 2.64. The average molecular weight is 348 g/mol. The van der Waals surface area contributed by atoms with Gasteiger partial charge in [0.2, 0.25) is 5.91 Å². The van der Waals surface area contributed by atoms with Crippen LogP contribution in [0, 0.1) is 5.92 Å². The van der Waals surface area contributed by atoms with Crippen molar-refractivity contribution in [2.24, 2.45) is 5.92 Å². The van der Waals surface area contributed by atoms with E-state index in [1.54, 1.807) is 14.2 Å². The normalized spacial score (nSPS) is 15.5. The molecule has 1 aromatic rings. The molecule has 1 heterocycles. The lowest BCUT2D eigenvalue weighted by Crippen LogP contribution is -2.49. The summed E-state index contributed by atoms with van der Waals surface area (Å²) < 4.78 is 10.6. The molecule has 2 rings (SSSR count). The topological polar surface area (TPSA) is 42.0 Å². The third-order valence-electron chi connectivity index (χ3n) is 4.82. The molecule has 1 amide bonds. The third kappa shape index (κ3) is 5.92. The summed E-state index contributed by atoms with van der Waals surface area (Å²) >= 11 is 0. The minimum Gasteiger partial charge on any atom is -0.493 e. The summed E-state index contributed by atoms with van der Waals surface area (Å²) in [6.07, 6.45) is 2.50. The van der Waals surface area contributed by atoms with Gasteiger partial charge in [0.15, 0.2) is 11.5 Å². The number of aryl methyl sites for hydroxylation is 1. The van der Waals surface area contributed by atoms with Crippen LogP contribution in [0.4, 0.5) is 0 Å². The lowest BCUT2D eigenvalue weighted by molar-refractivity contribution is -0.132. The van der Waals surface area contributed by atoms with Gasteiger partial charge < -0.3 is 14.4 Å². The molecule has 0 aliphatic carbocycles. The number of rotatable bonds is 8. The highest BCUT2D eigenvalue weighted by atomic mass is 16.5. The first kappa shape index (κ1) is 19.6. The molecule has 0 aromatic heterocycles. The Bertz CT molecular complexity index is 552. The predicted octanol–water partition coefficient (Wildman–Crippen LogP) is 2.83. The van der Waals surface area contributed by atoms with E-state index in [4.69, 9.17) is 9.47 Å². The molecule has 0 spiro atoms. The first-order valence-electron chi connectivity index (χ1n) is 9.24. The number of benzene rings is 1. The Morgan fingerprint density at radius 3 is 2.36 bits per heavy atom. The number of methoxy groups -OCH3 is 2. The minimum atomic E-state index is 0.248. The van der Waals surface area contributed by atoms with Gasteiger partial charge in [-0.1, -0.05) is 19.9 Å². The Morgan fingerprint density at radius 1 is 1.08 bits per heavy atom. The number of ether oxygens (including phenoxy) is 2. The highest BCUT2D eigenvalue weighted by Gasteiger charge is 2.20. The largest absolute Gasteiger partial charge is 0.493 e.